The standard InChI is InChI=1S/C10H6N2O5/c11-5-6-1-2-8(12(16)17)7(3-6)4-9(13)10(14)15/h1-3H,4H2,(H,14,15). The minimum atomic E-state index is -1.67. The van der Waals surface area contributed by atoms with Gasteiger partial charge in [-0.1, -0.05) is 0 Å². The van der Waals surface area contributed by atoms with Crippen LogP contribution in [0.15, 0.2) is 18.2 Å². The molecule has 1 aromatic carbocycles. The molecule has 0 aliphatic carbocycles. The summed E-state index contributed by atoms with van der Waals surface area (Å²) in [5, 5.41) is 27.7. The zero-order chi connectivity index (χ0) is 13.0. The van der Waals surface area contributed by atoms with E-state index < -0.39 is 23.1 Å². The Labute approximate surface area is 95.1 Å². The van der Waals surface area contributed by atoms with Gasteiger partial charge in [0.1, 0.15) is 0 Å². The smallest absolute Gasteiger partial charge is 0.372 e. The molecule has 86 valence electrons. The first-order valence-corrected chi connectivity index (χ1v) is 4.39. The van der Waals surface area contributed by atoms with E-state index in [2.05, 4.69) is 0 Å². The predicted molar refractivity (Wildman–Crippen MR) is 54.2 cm³/mol. The molecule has 17 heavy (non-hydrogen) atoms. The first kappa shape index (κ1) is 12.3. The summed E-state index contributed by atoms with van der Waals surface area (Å²) in [6, 6.07) is 5.19. The third-order valence-electron chi connectivity index (χ3n) is 1.99. The number of nitro groups is 1. The number of benzene rings is 1. The summed E-state index contributed by atoms with van der Waals surface area (Å²) in [4.78, 5) is 31.2. The Bertz CT molecular complexity index is 544. The summed E-state index contributed by atoms with van der Waals surface area (Å²) in [6.45, 7) is 0. The van der Waals surface area contributed by atoms with E-state index in [1.54, 1.807) is 6.07 Å². The van der Waals surface area contributed by atoms with Gasteiger partial charge < -0.3 is 5.11 Å². The van der Waals surface area contributed by atoms with Gasteiger partial charge in [0.05, 0.1) is 16.6 Å². The number of carboxylic acid groups (broad SMARTS) is 1. The number of nitro benzene ring substituents is 1. The second kappa shape index (κ2) is 4.85. The van der Waals surface area contributed by atoms with Crippen LogP contribution in [0.25, 0.3) is 0 Å². The van der Waals surface area contributed by atoms with Crippen LogP contribution in [0.1, 0.15) is 11.1 Å². The van der Waals surface area contributed by atoms with E-state index in [1.165, 1.54) is 6.07 Å². The van der Waals surface area contributed by atoms with Crippen LogP contribution in [0.3, 0.4) is 0 Å². The molecule has 0 aliphatic heterocycles. The number of aliphatic carboxylic acids is 1. The first-order chi connectivity index (χ1) is 7.95. The minimum Gasteiger partial charge on any atom is -0.475 e. The number of rotatable bonds is 4. The molecule has 0 aromatic heterocycles. The second-order valence-electron chi connectivity index (χ2n) is 3.12. The largest absolute Gasteiger partial charge is 0.475 e. The highest BCUT2D eigenvalue weighted by Gasteiger charge is 2.20. The summed E-state index contributed by atoms with van der Waals surface area (Å²) in [7, 11) is 0. The number of nitrogens with zero attached hydrogens (tertiary/aromatic N) is 2. The summed E-state index contributed by atoms with van der Waals surface area (Å²) in [6.07, 6.45) is -0.610. The fourth-order valence-corrected chi connectivity index (χ4v) is 1.22. The van der Waals surface area contributed by atoms with Crippen LogP contribution in [0.4, 0.5) is 5.69 Å². The van der Waals surface area contributed by atoms with Crippen LogP contribution >= 0.6 is 0 Å². The van der Waals surface area contributed by atoms with Crippen LogP contribution < -0.4 is 0 Å². The van der Waals surface area contributed by atoms with E-state index in [1.807, 2.05) is 0 Å². The fourth-order valence-electron chi connectivity index (χ4n) is 1.22. The van der Waals surface area contributed by atoms with Crippen LogP contribution in [0, 0.1) is 21.4 Å². The lowest BCUT2D eigenvalue weighted by Crippen LogP contribution is -2.16. The van der Waals surface area contributed by atoms with E-state index in [4.69, 9.17) is 10.4 Å². The molecule has 0 bridgehead atoms. The Hall–Kier alpha value is -2.75. The number of carbonyl (C=O) groups excluding carboxylic acids is 1. The quantitative estimate of drug-likeness (QED) is 0.464. The van der Waals surface area contributed by atoms with Crippen molar-refractivity contribution in [3.8, 4) is 6.07 Å². The summed E-state index contributed by atoms with van der Waals surface area (Å²) >= 11 is 0. The van der Waals surface area contributed by atoms with Crippen LogP contribution in [0.2, 0.25) is 0 Å². The van der Waals surface area contributed by atoms with Crippen molar-refractivity contribution in [2.24, 2.45) is 0 Å². The highest BCUT2D eigenvalue weighted by atomic mass is 16.6. The molecule has 7 nitrogen and oxygen atoms in total. The minimum absolute atomic E-state index is 0.0820. The molecule has 0 unspecified atom stereocenters. The molecule has 0 heterocycles. The van der Waals surface area contributed by atoms with Crippen molar-refractivity contribution in [2.75, 3.05) is 0 Å². The van der Waals surface area contributed by atoms with Crippen molar-refractivity contribution in [1.82, 2.24) is 0 Å². The van der Waals surface area contributed by atoms with Crippen molar-refractivity contribution in [2.45, 2.75) is 6.42 Å². The van der Waals surface area contributed by atoms with Gasteiger partial charge in [-0.05, 0) is 12.1 Å². The lowest BCUT2D eigenvalue weighted by molar-refractivity contribution is -0.385. The van der Waals surface area contributed by atoms with Crippen LogP contribution in [0.5, 0.6) is 0 Å². The monoisotopic (exact) mass is 234 g/mol. The number of carbonyl (C=O) groups is 2. The molecule has 7 heteroatoms. The lowest BCUT2D eigenvalue weighted by atomic mass is 10.0. The molecule has 0 saturated carbocycles. The van der Waals surface area contributed by atoms with E-state index in [-0.39, 0.29) is 16.8 Å². The highest BCUT2D eigenvalue weighted by Crippen LogP contribution is 2.20. The molecule has 0 saturated heterocycles. The predicted octanol–water partition coefficient (Wildman–Crippen LogP) is 0.663. The topological polar surface area (TPSA) is 121 Å². The highest BCUT2D eigenvalue weighted by molar-refractivity contribution is 6.33. The summed E-state index contributed by atoms with van der Waals surface area (Å²) < 4.78 is 0. The third-order valence-corrected chi connectivity index (χ3v) is 1.99. The number of hydrogen-bond donors (Lipinski definition) is 1. The molecule has 1 aromatic rings. The van der Waals surface area contributed by atoms with Crippen LogP contribution in [-0.4, -0.2) is 21.8 Å². The number of hydrogen-bond acceptors (Lipinski definition) is 5. The van der Waals surface area contributed by atoms with Crippen molar-refractivity contribution in [1.29, 1.82) is 5.26 Å². The van der Waals surface area contributed by atoms with E-state index >= 15 is 0 Å². The van der Waals surface area contributed by atoms with Gasteiger partial charge in [0.25, 0.3) is 5.69 Å². The van der Waals surface area contributed by atoms with Gasteiger partial charge in [-0.15, -0.1) is 0 Å². The molecule has 1 rings (SSSR count). The molecule has 0 aliphatic rings. The van der Waals surface area contributed by atoms with Crippen molar-refractivity contribution < 1.29 is 19.6 Å². The molecule has 1 N–H and O–H groups in total. The van der Waals surface area contributed by atoms with Crippen molar-refractivity contribution in [3.05, 3.63) is 39.4 Å². The van der Waals surface area contributed by atoms with Gasteiger partial charge in [0, 0.05) is 18.1 Å². The third kappa shape index (κ3) is 2.85. The van der Waals surface area contributed by atoms with E-state index in [0.29, 0.717) is 0 Å². The zero-order valence-electron chi connectivity index (χ0n) is 8.41. The molecule has 0 fully saturated rings. The maximum atomic E-state index is 11.0. The molecule has 0 amide bonds. The van der Waals surface area contributed by atoms with Crippen molar-refractivity contribution >= 4 is 17.4 Å². The van der Waals surface area contributed by atoms with E-state index in [0.717, 1.165) is 12.1 Å². The fraction of sp³-hybridized carbons (Fsp3) is 0.100. The number of nitriles is 1. The van der Waals surface area contributed by atoms with Gasteiger partial charge >= 0.3 is 5.97 Å². The summed E-state index contributed by atoms with van der Waals surface area (Å²) in [5.74, 6) is -2.83. The first-order valence-electron chi connectivity index (χ1n) is 4.39. The second-order valence-corrected chi connectivity index (χ2v) is 3.12. The summed E-state index contributed by atoms with van der Waals surface area (Å²) in [5.41, 5.74) is -0.330. The molecular formula is C10H6N2O5. The number of ketones is 1. The molecule has 0 radical (unpaired) electrons. The Balaban J connectivity index is 3.19. The Morgan fingerprint density at radius 3 is 2.59 bits per heavy atom. The molecule has 0 spiro atoms. The van der Waals surface area contributed by atoms with E-state index in [9.17, 15) is 19.7 Å². The average molecular weight is 234 g/mol. The Morgan fingerprint density at radius 1 is 1.47 bits per heavy atom. The SMILES string of the molecule is N#Cc1ccc([N+](=O)[O-])c(CC(=O)C(=O)O)c1. The average Bonchev–Trinajstić information content (AvgIpc) is 2.28. The normalized spacial score (nSPS) is 9.35. The van der Waals surface area contributed by atoms with Gasteiger partial charge in [-0.2, -0.15) is 5.26 Å². The maximum Gasteiger partial charge on any atom is 0.372 e. The number of carboxylic acids is 1. The van der Waals surface area contributed by atoms with Gasteiger partial charge in [0.2, 0.25) is 5.78 Å². The van der Waals surface area contributed by atoms with Gasteiger partial charge in [-0.3, -0.25) is 14.9 Å². The van der Waals surface area contributed by atoms with Crippen molar-refractivity contribution in [3.63, 3.8) is 0 Å². The number of Topliss-reactive ketones (excluding diaryl/α,β-unsaturated/α-hetero) is 1. The Kier molecular flexibility index (Phi) is 3.51. The zero-order valence-corrected chi connectivity index (χ0v) is 8.41. The van der Waals surface area contributed by atoms with Gasteiger partial charge in [-0.25, -0.2) is 4.79 Å². The maximum absolute atomic E-state index is 11.0. The molecular weight excluding hydrogens is 228 g/mol. The molecule has 0 atom stereocenters. The van der Waals surface area contributed by atoms with Gasteiger partial charge in [0.15, 0.2) is 0 Å². The van der Waals surface area contributed by atoms with Crippen LogP contribution in [-0.2, 0) is 16.0 Å². The lowest BCUT2D eigenvalue weighted by Gasteiger charge is -2.00. The Morgan fingerprint density at radius 2 is 2.12 bits per heavy atom.